The van der Waals surface area contributed by atoms with Crippen LogP contribution in [0.15, 0.2) is 60.8 Å². The smallest absolute Gasteiger partial charge is 0.251 e. The average molecular weight is 377 g/mol. The SMILES string of the molecule is CN(C)c1ccc(C(=O)NCCNc2ccc(Nc3ccccn3)nn2)cc1. The molecule has 0 radical (unpaired) electrons. The summed E-state index contributed by atoms with van der Waals surface area (Å²) in [7, 11) is 3.93. The second kappa shape index (κ2) is 9.31. The minimum atomic E-state index is -0.104. The van der Waals surface area contributed by atoms with Gasteiger partial charge in [0.1, 0.15) is 11.6 Å². The number of carbonyl (C=O) groups excluding carboxylic acids is 1. The molecule has 0 aliphatic heterocycles. The highest BCUT2D eigenvalue weighted by atomic mass is 16.1. The van der Waals surface area contributed by atoms with Crippen molar-refractivity contribution in [2.75, 3.05) is 42.7 Å². The zero-order valence-electron chi connectivity index (χ0n) is 15.9. The molecule has 0 aliphatic rings. The van der Waals surface area contributed by atoms with E-state index in [-0.39, 0.29) is 5.91 Å². The van der Waals surface area contributed by atoms with E-state index >= 15 is 0 Å². The molecule has 1 aromatic carbocycles. The van der Waals surface area contributed by atoms with Gasteiger partial charge < -0.3 is 20.9 Å². The molecule has 0 bridgehead atoms. The molecule has 8 heteroatoms. The van der Waals surface area contributed by atoms with Crippen molar-refractivity contribution in [3.8, 4) is 0 Å². The fraction of sp³-hybridized carbons (Fsp3) is 0.200. The summed E-state index contributed by atoms with van der Waals surface area (Å²) in [5.41, 5.74) is 1.69. The van der Waals surface area contributed by atoms with Gasteiger partial charge in [-0.15, -0.1) is 10.2 Å². The number of hydrogen-bond acceptors (Lipinski definition) is 7. The molecule has 3 rings (SSSR count). The van der Waals surface area contributed by atoms with Gasteiger partial charge in [0.15, 0.2) is 5.82 Å². The van der Waals surface area contributed by atoms with E-state index in [1.54, 1.807) is 6.20 Å². The number of carbonyl (C=O) groups is 1. The summed E-state index contributed by atoms with van der Waals surface area (Å²) >= 11 is 0. The Morgan fingerprint density at radius 2 is 1.64 bits per heavy atom. The van der Waals surface area contributed by atoms with Crippen LogP contribution in [0.25, 0.3) is 0 Å². The Balaban J connectivity index is 1.41. The van der Waals surface area contributed by atoms with Crippen molar-refractivity contribution in [3.63, 3.8) is 0 Å². The molecule has 0 atom stereocenters. The number of pyridine rings is 1. The monoisotopic (exact) mass is 377 g/mol. The molecular weight excluding hydrogens is 354 g/mol. The van der Waals surface area contributed by atoms with Gasteiger partial charge >= 0.3 is 0 Å². The summed E-state index contributed by atoms with van der Waals surface area (Å²) in [4.78, 5) is 18.3. The predicted octanol–water partition coefficient (Wildman–Crippen LogP) is 2.52. The van der Waals surface area contributed by atoms with Gasteiger partial charge in [0, 0.05) is 44.6 Å². The molecule has 0 fully saturated rings. The van der Waals surface area contributed by atoms with Gasteiger partial charge in [0.05, 0.1) is 0 Å². The number of rotatable bonds is 8. The van der Waals surface area contributed by atoms with Gasteiger partial charge in [-0.2, -0.15) is 0 Å². The average Bonchev–Trinajstić information content (AvgIpc) is 2.73. The second-order valence-electron chi connectivity index (χ2n) is 6.27. The van der Waals surface area contributed by atoms with E-state index in [9.17, 15) is 4.79 Å². The predicted molar refractivity (Wildman–Crippen MR) is 111 cm³/mol. The van der Waals surface area contributed by atoms with E-state index in [0.717, 1.165) is 5.69 Å². The van der Waals surface area contributed by atoms with Crippen LogP contribution < -0.4 is 20.9 Å². The zero-order valence-corrected chi connectivity index (χ0v) is 15.9. The molecule has 3 aromatic rings. The number of hydrogen-bond donors (Lipinski definition) is 3. The quantitative estimate of drug-likeness (QED) is 0.519. The molecule has 0 saturated heterocycles. The summed E-state index contributed by atoms with van der Waals surface area (Å²) in [5, 5.41) is 17.3. The van der Waals surface area contributed by atoms with Crippen LogP contribution in [-0.2, 0) is 0 Å². The van der Waals surface area contributed by atoms with Gasteiger partial charge in [0.25, 0.3) is 5.91 Å². The Labute approximate surface area is 164 Å². The lowest BCUT2D eigenvalue weighted by Crippen LogP contribution is -2.29. The zero-order chi connectivity index (χ0) is 19.8. The van der Waals surface area contributed by atoms with E-state index in [1.165, 1.54) is 0 Å². The highest BCUT2D eigenvalue weighted by molar-refractivity contribution is 5.94. The molecule has 144 valence electrons. The molecule has 2 heterocycles. The lowest BCUT2D eigenvalue weighted by Gasteiger charge is -2.12. The maximum atomic E-state index is 12.2. The van der Waals surface area contributed by atoms with Crippen molar-refractivity contribution in [3.05, 3.63) is 66.4 Å². The third-order valence-electron chi connectivity index (χ3n) is 3.95. The summed E-state index contributed by atoms with van der Waals surface area (Å²) in [6.07, 6.45) is 1.70. The largest absolute Gasteiger partial charge is 0.378 e. The summed E-state index contributed by atoms with van der Waals surface area (Å²) in [6.45, 7) is 1.02. The molecule has 28 heavy (non-hydrogen) atoms. The van der Waals surface area contributed by atoms with Crippen LogP contribution in [0.4, 0.5) is 23.1 Å². The van der Waals surface area contributed by atoms with Crippen molar-refractivity contribution in [2.45, 2.75) is 0 Å². The number of nitrogens with zero attached hydrogens (tertiary/aromatic N) is 4. The molecular formula is C20H23N7O. The van der Waals surface area contributed by atoms with Crippen LogP contribution >= 0.6 is 0 Å². The van der Waals surface area contributed by atoms with Gasteiger partial charge in [-0.25, -0.2) is 4.98 Å². The Kier molecular flexibility index (Phi) is 6.35. The minimum absolute atomic E-state index is 0.104. The van der Waals surface area contributed by atoms with Crippen molar-refractivity contribution in [2.24, 2.45) is 0 Å². The summed E-state index contributed by atoms with van der Waals surface area (Å²) in [6, 6.07) is 16.7. The third-order valence-corrected chi connectivity index (χ3v) is 3.95. The number of amides is 1. The number of aromatic nitrogens is 3. The van der Waals surface area contributed by atoms with Gasteiger partial charge in [0.2, 0.25) is 0 Å². The first kappa shape index (κ1) is 19.1. The van der Waals surface area contributed by atoms with E-state index in [2.05, 4.69) is 31.1 Å². The standard InChI is InChI=1S/C20H23N7O/c1-27(2)16-8-6-15(7-9-16)20(28)23-14-13-22-18-10-11-19(26-25-18)24-17-5-3-4-12-21-17/h3-12H,13-14H2,1-2H3,(H,22,25)(H,23,28)(H,21,24,26). The first-order valence-corrected chi connectivity index (χ1v) is 8.93. The number of benzene rings is 1. The van der Waals surface area contributed by atoms with Crippen molar-refractivity contribution >= 4 is 29.0 Å². The Bertz CT molecular complexity index is 881. The maximum absolute atomic E-state index is 12.2. The first-order valence-electron chi connectivity index (χ1n) is 8.93. The maximum Gasteiger partial charge on any atom is 0.251 e. The highest BCUT2D eigenvalue weighted by Crippen LogP contribution is 2.13. The Morgan fingerprint density at radius 1 is 0.893 bits per heavy atom. The first-order chi connectivity index (χ1) is 13.6. The lowest BCUT2D eigenvalue weighted by molar-refractivity contribution is 0.0955. The normalized spacial score (nSPS) is 10.2. The van der Waals surface area contributed by atoms with E-state index in [1.807, 2.05) is 73.6 Å². The molecule has 1 amide bonds. The fourth-order valence-electron chi connectivity index (χ4n) is 2.44. The molecule has 0 aliphatic carbocycles. The Morgan fingerprint density at radius 3 is 2.29 bits per heavy atom. The Hall–Kier alpha value is -3.68. The van der Waals surface area contributed by atoms with Gasteiger partial charge in [-0.3, -0.25) is 4.79 Å². The fourth-order valence-corrected chi connectivity index (χ4v) is 2.44. The summed E-state index contributed by atoms with van der Waals surface area (Å²) in [5.74, 6) is 1.85. The van der Waals surface area contributed by atoms with Gasteiger partial charge in [-0.1, -0.05) is 6.07 Å². The highest BCUT2D eigenvalue weighted by Gasteiger charge is 2.05. The second-order valence-corrected chi connectivity index (χ2v) is 6.27. The molecule has 0 saturated carbocycles. The van der Waals surface area contributed by atoms with Crippen LogP contribution in [0.1, 0.15) is 10.4 Å². The minimum Gasteiger partial charge on any atom is -0.378 e. The topological polar surface area (TPSA) is 95.1 Å². The van der Waals surface area contributed by atoms with Gasteiger partial charge in [-0.05, 0) is 48.5 Å². The van der Waals surface area contributed by atoms with Crippen LogP contribution in [0.2, 0.25) is 0 Å². The molecule has 0 unspecified atom stereocenters. The van der Waals surface area contributed by atoms with Crippen LogP contribution in [-0.4, -0.2) is 48.3 Å². The van der Waals surface area contributed by atoms with E-state index in [4.69, 9.17) is 0 Å². The van der Waals surface area contributed by atoms with Crippen LogP contribution in [0.3, 0.4) is 0 Å². The van der Waals surface area contributed by atoms with Crippen LogP contribution in [0, 0.1) is 0 Å². The van der Waals surface area contributed by atoms with Crippen LogP contribution in [0.5, 0.6) is 0 Å². The van der Waals surface area contributed by atoms with Crippen molar-refractivity contribution < 1.29 is 4.79 Å². The van der Waals surface area contributed by atoms with E-state index < -0.39 is 0 Å². The lowest BCUT2D eigenvalue weighted by atomic mass is 10.2. The molecule has 8 nitrogen and oxygen atoms in total. The van der Waals surface area contributed by atoms with E-state index in [0.29, 0.717) is 36.1 Å². The third kappa shape index (κ3) is 5.41. The molecule has 2 aromatic heterocycles. The molecule has 3 N–H and O–H groups in total. The molecule has 0 spiro atoms. The number of anilines is 4. The number of nitrogens with one attached hydrogen (secondary N) is 3. The van der Waals surface area contributed by atoms with Crippen molar-refractivity contribution in [1.82, 2.24) is 20.5 Å². The summed E-state index contributed by atoms with van der Waals surface area (Å²) < 4.78 is 0. The van der Waals surface area contributed by atoms with Crippen molar-refractivity contribution in [1.29, 1.82) is 0 Å².